The van der Waals surface area contributed by atoms with Crippen molar-refractivity contribution < 1.29 is 45.4 Å². The van der Waals surface area contributed by atoms with Crippen molar-refractivity contribution in [2.45, 2.75) is 64.6 Å². The van der Waals surface area contributed by atoms with Gasteiger partial charge in [0.2, 0.25) is 5.95 Å². The van der Waals surface area contributed by atoms with Gasteiger partial charge in [-0.15, -0.1) is 0 Å². The first-order chi connectivity index (χ1) is 21.4. The SMILES string of the molecule is CCC1CC(N(Cc2cc(C(F)(F)F)cc(C(F)(F)F)c2)c2ncc(-c3cnn(C)c3)cn2)CN1C(=O)OCC(C)(C)C(=O)OC. The van der Waals surface area contributed by atoms with E-state index >= 15 is 0 Å². The van der Waals surface area contributed by atoms with E-state index in [9.17, 15) is 35.9 Å². The fourth-order valence-electron chi connectivity index (χ4n) is 5.25. The van der Waals surface area contributed by atoms with E-state index < -0.39 is 53.5 Å². The molecule has 0 radical (unpaired) electrons. The van der Waals surface area contributed by atoms with Gasteiger partial charge in [0.15, 0.2) is 0 Å². The third-order valence-electron chi connectivity index (χ3n) is 7.77. The van der Waals surface area contributed by atoms with Crippen LogP contribution in [0.25, 0.3) is 11.1 Å². The number of likely N-dealkylation sites (tertiary alicyclic amines) is 1. The van der Waals surface area contributed by atoms with Crippen molar-refractivity contribution in [3.05, 3.63) is 59.7 Å². The van der Waals surface area contributed by atoms with E-state index in [1.54, 1.807) is 38.0 Å². The van der Waals surface area contributed by atoms with Crippen LogP contribution in [0.2, 0.25) is 0 Å². The minimum atomic E-state index is -5.03. The molecule has 3 aromatic rings. The summed E-state index contributed by atoms with van der Waals surface area (Å²) in [5.74, 6) is -0.537. The first kappa shape index (κ1) is 34.5. The zero-order valence-corrected chi connectivity index (χ0v) is 25.8. The normalized spacial score (nSPS) is 17.2. The molecule has 0 saturated carbocycles. The number of carbonyl (C=O) groups excluding carboxylic acids is 2. The molecule has 4 rings (SSSR count). The molecule has 46 heavy (non-hydrogen) atoms. The van der Waals surface area contributed by atoms with Crippen molar-refractivity contribution in [3.63, 3.8) is 0 Å². The van der Waals surface area contributed by atoms with Crippen molar-refractivity contribution in [2.24, 2.45) is 12.5 Å². The molecule has 1 fully saturated rings. The number of hydrogen-bond donors (Lipinski definition) is 0. The number of aromatic nitrogens is 4. The molecule has 1 aliphatic rings. The van der Waals surface area contributed by atoms with Crippen LogP contribution in [0, 0.1) is 5.41 Å². The lowest BCUT2D eigenvalue weighted by Gasteiger charge is -2.30. The fourth-order valence-corrected chi connectivity index (χ4v) is 5.25. The number of nitrogens with zero attached hydrogens (tertiary/aromatic N) is 6. The van der Waals surface area contributed by atoms with Gasteiger partial charge in [0, 0.05) is 55.9 Å². The molecule has 1 amide bonds. The number of aryl methyl sites for hydroxylation is 1. The van der Waals surface area contributed by atoms with E-state index in [0.29, 0.717) is 36.1 Å². The highest BCUT2D eigenvalue weighted by molar-refractivity contribution is 5.76. The van der Waals surface area contributed by atoms with Gasteiger partial charge in [0.05, 0.1) is 35.9 Å². The summed E-state index contributed by atoms with van der Waals surface area (Å²) in [6.45, 7) is 4.25. The second kappa shape index (κ2) is 13.2. The molecule has 250 valence electrons. The molecule has 1 aromatic carbocycles. The molecule has 0 spiro atoms. The number of rotatable bonds is 9. The zero-order chi connectivity index (χ0) is 34.0. The molecule has 16 heteroatoms. The number of benzene rings is 1. The lowest BCUT2D eigenvalue weighted by Crippen LogP contribution is -2.42. The van der Waals surface area contributed by atoms with E-state index in [2.05, 4.69) is 15.1 Å². The first-order valence-electron chi connectivity index (χ1n) is 14.3. The Hall–Kier alpha value is -4.37. The van der Waals surface area contributed by atoms with Crippen LogP contribution in [0.15, 0.2) is 43.0 Å². The number of methoxy groups -OCH3 is 1. The number of halogens is 6. The molecular weight excluding hydrogens is 622 g/mol. The Morgan fingerprint density at radius 2 is 1.59 bits per heavy atom. The van der Waals surface area contributed by atoms with Crippen molar-refractivity contribution in [3.8, 4) is 11.1 Å². The summed E-state index contributed by atoms with van der Waals surface area (Å²) in [6.07, 6.45) is -3.73. The Labute approximate surface area is 261 Å². The van der Waals surface area contributed by atoms with Gasteiger partial charge in [-0.05, 0) is 50.5 Å². The molecule has 0 N–H and O–H groups in total. The van der Waals surface area contributed by atoms with Gasteiger partial charge in [-0.3, -0.25) is 9.48 Å². The van der Waals surface area contributed by atoms with Crippen LogP contribution in [0.4, 0.5) is 37.1 Å². The van der Waals surface area contributed by atoms with Crippen molar-refractivity contribution >= 4 is 18.0 Å². The molecule has 3 heterocycles. The van der Waals surface area contributed by atoms with E-state index in [1.807, 2.05) is 6.92 Å². The minimum Gasteiger partial charge on any atom is -0.469 e. The predicted octanol–water partition coefficient (Wildman–Crippen LogP) is 6.11. The number of hydrogen-bond acceptors (Lipinski definition) is 8. The summed E-state index contributed by atoms with van der Waals surface area (Å²) < 4.78 is 93.8. The predicted molar refractivity (Wildman–Crippen MR) is 153 cm³/mol. The third-order valence-corrected chi connectivity index (χ3v) is 7.77. The van der Waals surface area contributed by atoms with Crippen molar-refractivity contribution in [2.75, 3.05) is 25.2 Å². The molecule has 2 atom stereocenters. The van der Waals surface area contributed by atoms with Crippen molar-refractivity contribution in [1.29, 1.82) is 0 Å². The summed E-state index contributed by atoms with van der Waals surface area (Å²) in [5.41, 5.74) is -2.99. The second-order valence-corrected chi connectivity index (χ2v) is 11.8. The molecule has 0 aliphatic carbocycles. The average molecular weight is 657 g/mol. The molecule has 0 bridgehead atoms. The van der Waals surface area contributed by atoms with Crippen LogP contribution < -0.4 is 4.90 Å². The van der Waals surface area contributed by atoms with E-state index in [-0.39, 0.29) is 36.8 Å². The van der Waals surface area contributed by atoms with Gasteiger partial charge in [-0.25, -0.2) is 14.8 Å². The molecule has 1 saturated heterocycles. The standard InChI is InChI=1S/C30H34F6N6O4/c1-6-23-10-24(16-42(23)27(44)46-17-28(2,3)25(43)45-5)41(26-37-11-19(12-38-26)20-13-39-40(4)15-20)14-18-7-21(29(31,32)33)9-22(8-18)30(34,35)36/h7-9,11-13,15,23-24H,6,10,14,16-17H2,1-5H3. The van der Waals surface area contributed by atoms with E-state index in [0.717, 1.165) is 0 Å². The number of carbonyl (C=O) groups is 2. The summed E-state index contributed by atoms with van der Waals surface area (Å²) >= 11 is 0. The van der Waals surface area contributed by atoms with Crippen LogP contribution >= 0.6 is 0 Å². The maximum absolute atomic E-state index is 13.7. The Morgan fingerprint density at radius 3 is 2.09 bits per heavy atom. The first-order valence-corrected chi connectivity index (χ1v) is 14.3. The second-order valence-electron chi connectivity index (χ2n) is 11.8. The van der Waals surface area contributed by atoms with Crippen LogP contribution in [-0.4, -0.2) is 69.1 Å². The Balaban J connectivity index is 1.69. The number of anilines is 1. The zero-order valence-electron chi connectivity index (χ0n) is 25.8. The van der Waals surface area contributed by atoms with Gasteiger partial charge < -0.3 is 19.3 Å². The quantitative estimate of drug-likeness (QED) is 0.201. The van der Waals surface area contributed by atoms with E-state index in [1.165, 1.54) is 29.3 Å². The molecular formula is C30H34F6N6O4. The summed E-state index contributed by atoms with van der Waals surface area (Å²) in [6, 6.07) is 0.407. The Morgan fingerprint density at radius 1 is 0.978 bits per heavy atom. The van der Waals surface area contributed by atoms with Gasteiger partial charge in [0.25, 0.3) is 0 Å². The number of amides is 1. The Bertz CT molecular complexity index is 1510. The minimum absolute atomic E-state index is 0.00873. The molecule has 1 aliphatic heterocycles. The largest absolute Gasteiger partial charge is 0.469 e. The van der Waals surface area contributed by atoms with Crippen LogP contribution in [0.1, 0.15) is 50.3 Å². The monoisotopic (exact) mass is 656 g/mol. The lowest BCUT2D eigenvalue weighted by atomic mass is 9.95. The molecule has 2 aromatic heterocycles. The molecule has 2 unspecified atom stereocenters. The smallest absolute Gasteiger partial charge is 0.416 e. The summed E-state index contributed by atoms with van der Waals surface area (Å²) in [5, 5.41) is 4.10. The highest BCUT2D eigenvalue weighted by Crippen LogP contribution is 2.37. The highest BCUT2D eigenvalue weighted by Gasteiger charge is 2.41. The van der Waals surface area contributed by atoms with E-state index in [4.69, 9.17) is 9.47 Å². The highest BCUT2D eigenvalue weighted by atomic mass is 19.4. The topological polar surface area (TPSA) is 103 Å². The van der Waals surface area contributed by atoms with Gasteiger partial charge in [0.1, 0.15) is 6.61 Å². The average Bonchev–Trinajstić information content (AvgIpc) is 3.64. The number of ether oxygens (including phenoxy) is 2. The lowest BCUT2D eigenvalue weighted by molar-refractivity contribution is -0.153. The summed E-state index contributed by atoms with van der Waals surface area (Å²) in [7, 11) is 2.94. The van der Waals surface area contributed by atoms with Crippen LogP contribution in [0.3, 0.4) is 0 Å². The molecule has 10 nitrogen and oxygen atoms in total. The number of alkyl halides is 6. The number of esters is 1. The van der Waals surface area contributed by atoms with Gasteiger partial charge in [-0.2, -0.15) is 31.4 Å². The van der Waals surface area contributed by atoms with Crippen molar-refractivity contribution in [1.82, 2.24) is 24.6 Å². The van der Waals surface area contributed by atoms with Crippen LogP contribution in [-0.2, 0) is 40.2 Å². The summed E-state index contributed by atoms with van der Waals surface area (Å²) in [4.78, 5) is 37.0. The fraction of sp³-hybridized carbons (Fsp3) is 0.500. The van der Waals surface area contributed by atoms with Crippen LogP contribution in [0.5, 0.6) is 0 Å². The third kappa shape index (κ3) is 7.88. The van der Waals surface area contributed by atoms with Gasteiger partial charge >= 0.3 is 24.4 Å². The Kier molecular flexibility index (Phi) is 9.87. The maximum atomic E-state index is 13.7. The van der Waals surface area contributed by atoms with Gasteiger partial charge in [-0.1, -0.05) is 6.92 Å². The maximum Gasteiger partial charge on any atom is 0.416 e.